The first kappa shape index (κ1) is 14.2. The average Bonchev–Trinajstić information content (AvgIpc) is 2.99. The molecule has 0 bridgehead atoms. The summed E-state index contributed by atoms with van der Waals surface area (Å²) < 4.78 is 11.4. The number of carboxylic acid groups (broad SMARTS) is 1. The summed E-state index contributed by atoms with van der Waals surface area (Å²) in [6.07, 6.45) is 2.88. The van der Waals surface area contributed by atoms with Crippen molar-refractivity contribution in [3.63, 3.8) is 0 Å². The van der Waals surface area contributed by atoms with Gasteiger partial charge in [0, 0.05) is 25.5 Å². The third kappa shape index (κ3) is 2.12. The number of carboxylic acids is 1. The standard InChI is InChI=1S/C13H19NO5S/c1-9(15)14-10(11(16)17)8-20-12(14)2-4-13(5-3-12)18-6-7-19-13/h10H,2-8H2,1H3,(H,16,17). The Morgan fingerprint density at radius 2 is 1.80 bits per heavy atom. The molecule has 2 saturated heterocycles. The average molecular weight is 301 g/mol. The van der Waals surface area contributed by atoms with Crippen LogP contribution in [-0.2, 0) is 19.1 Å². The zero-order chi connectivity index (χ0) is 14.4. The fraction of sp³-hybridized carbons (Fsp3) is 0.846. The molecule has 112 valence electrons. The van der Waals surface area contributed by atoms with E-state index in [2.05, 4.69) is 0 Å². The van der Waals surface area contributed by atoms with Gasteiger partial charge in [-0.15, -0.1) is 11.8 Å². The highest BCUT2D eigenvalue weighted by atomic mass is 32.2. The third-order valence-electron chi connectivity index (χ3n) is 4.49. The van der Waals surface area contributed by atoms with Crippen LogP contribution in [0.3, 0.4) is 0 Å². The molecule has 0 aromatic carbocycles. The van der Waals surface area contributed by atoms with E-state index in [1.807, 2.05) is 0 Å². The lowest BCUT2D eigenvalue weighted by atomic mass is 9.87. The van der Waals surface area contributed by atoms with E-state index in [0.717, 1.165) is 25.7 Å². The Balaban J connectivity index is 1.79. The minimum Gasteiger partial charge on any atom is -0.480 e. The second kappa shape index (κ2) is 4.89. The first-order valence-electron chi connectivity index (χ1n) is 6.93. The Kier molecular flexibility index (Phi) is 3.46. The van der Waals surface area contributed by atoms with Gasteiger partial charge in [-0.3, -0.25) is 4.79 Å². The summed E-state index contributed by atoms with van der Waals surface area (Å²) in [5.41, 5.74) is 0. The Morgan fingerprint density at radius 3 is 2.30 bits per heavy atom. The predicted octanol–water partition coefficient (Wildman–Crippen LogP) is 1.05. The molecular formula is C13H19NO5S. The zero-order valence-electron chi connectivity index (χ0n) is 11.5. The number of nitrogens with zero attached hydrogens (tertiary/aromatic N) is 1. The number of hydrogen-bond acceptors (Lipinski definition) is 5. The number of carbonyl (C=O) groups excluding carboxylic acids is 1. The van der Waals surface area contributed by atoms with E-state index in [-0.39, 0.29) is 5.91 Å². The summed E-state index contributed by atoms with van der Waals surface area (Å²) in [4.78, 5) is 24.4. The molecule has 3 rings (SSSR count). The summed E-state index contributed by atoms with van der Waals surface area (Å²) >= 11 is 1.59. The molecule has 1 N–H and O–H groups in total. The highest BCUT2D eigenvalue weighted by molar-refractivity contribution is 8.01. The monoisotopic (exact) mass is 301 g/mol. The SMILES string of the molecule is CC(=O)N1C(C(=O)O)CSC12CCC1(CC2)OCCO1. The number of ether oxygens (including phenoxy) is 2. The van der Waals surface area contributed by atoms with Gasteiger partial charge in [-0.2, -0.15) is 0 Å². The van der Waals surface area contributed by atoms with Crippen LogP contribution in [-0.4, -0.2) is 57.5 Å². The maximum absolute atomic E-state index is 11.9. The van der Waals surface area contributed by atoms with E-state index in [1.54, 1.807) is 16.7 Å². The number of thioether (sulfide) groups is 1. The molecule has 2 aliphatic heterocycles. The molecule has 1 saturated carbocycles. The number of aliphatic carboxylic acids is 1. The lowest BCUT2D eigenvalue weighted by molar-refractivity contribution is -0.189. The number of amides is 1. The van der Waals surface area contributed by atoms with Crippen molar-refractivity contribution in [3.8, 4) is 0 Å². The van der Waals surface area contributed by atoms with Crippen LogP contribution in [0.15, 0.2) is 0 Å². The van der Waals surface area contributed by atoms with Crippen molar-refractivity contribution in [3.05, 3.63) is 0 Å². The zero-order valence-corrected chi connectivity index (χ0v) is 12.3. The van der Waals surface area contributed by atoms with Gasteiger partial charge >= 0.3 is 5.97 Å². The van der Waals surface area contributed by atoms with Crippen molar-refractivity contribution in [1.29, 1.82) is 0 Å². The molecule has 3 aliphatic rings. The number of hydrogen-bond donors (Lipinski definition) is 1. The molecular weight excluding hydrogens is 282 g/mol. The molecule has 1 aliphatic carbocycles. The van der Waals surface area contributed by atoms with Gasteiger partial charge in [0.1, 0.15) is 6.04 Å². The Hall–Kier alpha value is -0.790. The van der Waals surface area contributed by atoms with Crippen LogP contribution >= 0.6 is 11.8 Å². The van der Waals surface area contributed by atoms with Crippen LogP contribution in [0.1, 0.15) is 32.6 Å². The van der Waals surface area contributed by atoms with Crippen LogP contribution in [0.4, 0.5) is 0 Å². The van der Waals surface area contributed by atoms with Crippen molar-refractivity contribution in [2.75, 3.05) is 19.0 Å². The van der Waals surface area contributed by atoms with E-state index in [1.165, 1.54) is 6.92 Å². The maximum Gasteiger partial charge on any atom is 0.327 e. The summed E-state index contributed by atoms with van der Waals surface area (Å²) in [6, 6.07) is -0.711. The van der Waals surface area contributed by atoms with Gasteiger partial charge in [0.05, 0.1) is 18.1 Å². The molecule has 1 atom stereocenters. The molecule has 1 unspecified atom stereocenters. The van der Waals surface area contributed by atoms with E-state index in [0.29, 0.717) is 19.0 Å². The second-order valence-electron chi connectivity index (χ2n) is 5.61. The van der Waals surface area contributed by atoms with Crippen molar-refractivity contribution in [2.45, 2.75) is 49.3 Å². The van der Waals surface area contributed by atoms with Crippen molar-refractivity contribution >= 4 is 23.6 Å². The lowest BCUT2D eigenvalue weighted by Gasteiger charge is -2.46. The third-order valence-corrected chi connectivity index (χ3v) is 6.12. The van der Waals surface area contributed by atoms with Crippen LogP contribution < -0.4 is 0 Å². The topological polar surface area (TPSA) is 76.1 Å². The molecule has 6 nitrogen and oxygen atoms in total. The minimum atomic E-state index is -0.918. The number of carbonyl (C=O) groups is 2. The molecule has 3 fully saturated rings. The first-order valence-corrected chi connectivity index (χ1v) is 7.91. The van der Waals surface area contributed by atoms with Gasteiger partial charge in [-0.25, -0.2) is 4.79 Å². The van der Waals surface area contributed by atoms with Crippen LogP contribution in [0.5, 0.6) is 0 Å². The fourth-order valence-corrected chi connectivity index (χ4v) is 5.19. The fourth-order valence-electron chi connectivity index (χ4n) is 3.54. The Bertz CT molecular complexity index is 424. The summed E-state index contributed by atoms with van der Waals surface area (Å²) in [7, 11) is 0. The first-order chi connectivity index (χ1) is 9.48. The van der Waals surface area contributed by atoms with E-state index in [9.17, 15) is 14.7 Å². The van der Waals surface area contributed by atoms with Gasteiger partial charge < -0.3 is 19.5 Å². The predicted molar refractivity (Wildman–Crippen MR) is 72.2 cm³/mol. The van der Waals surface area contributed by atoms with Crippen molar-refractivity contribution in [1.82, 2.24) is 4.90 Å². The summed E-state index contributed by atoms with van der Waals surface area (Å²) in [5, 5.41) is 9.29. The Labute approximate surface area is 121 Å². The highest BCUT2D eigenvalue weighted by Gasteiger charge is 2.56. The molecule has 1 amide bonds. The summed E-state index contributed by atoms with van der Waals surface area (Å²) in [6.45, 7) is 2.69. The van der Waals surface area contributed by atoms with Gasteiger partial charge in [-0.05, 0) is 12.8 Å². The van der Waals surface area contributed by atoms with Crippen LogP contribution in [0.2, 0.25) is 0 Å². The molecule has 0 aromatic rings. The van der Waals surface area contributed by atoms with Crippen molar-refractivity contribution < 1.29 is 24.2 Å². The van der Waals surface area contributed by atoms with Crippen LogP contribution in [0.25, 0.3) is 0 Å². The largest absolute Gasteiger partial charge is 0.480 e. The van der Waals surface area contributed by atoms with Gasteiger partial charge in [0.25, 0.3) is 0 Å². The van der Waals surface area contributed by atoms with Gasteiger partial charge in [0.2, 0.25) is 5.91 Å². The molecule has 7 heteroatoms. The second-order valence-corrected chi connectivity index (χ2v) is 6.99. The quantitative estimate of drug-likeness (QED) is 0.780. The van der Waals surface area contributed by atoms with Crippen LogP contribution in [0, 0.1) is 0 Å². The van der Waals surface area contributed by atoms with Gasteiger partial charge in [0.15, 0.2) is 5.79 Å². The minimum absolute atomic E-state index is 0.161. The molecule has 0 aromatic heterocycles. The lowest BCUT2D eigenvalue weighted by Crippen LogP contribution is -2.55. The molecule has 2 heterocycles. The molecule has 2 spiro atoms. The van der Waals surface area contributed by atoms with E-state index < -0.39 is 22.7 Å². The smallest absolute Gasteiger partial charge is 0.327 e. The molecule has 0 radical (unpaired) electrons. The van der Waals surface area contributed by atoms with E-state index in [4.69, 9.17) is 9.47 Å². The maximum atomic E-state index is 11.9. The van der Waals surface area contributed by atoms with Gasteiger partial charge in [-0.1, -0.05) is 0 Å². The number of rotatable bonds is 1. The normalized spacial score (nSPS) is 31.1. The summed E-state index contributed by atoms with van der Waals surface area (Å²) in [5.74, 6) is -1.11. The van der Waals surface area contributed by atoms with E-state index >= 15 is 0 Å². The highest BCUT2D eigenvalue weighted by Crippen LogP contribution is 2.52. The van der Waals surface area contributed by atoms with Crippen molar-refractivity contribution in [2.24, 2.45) is 0 Å². The Morgan fingerprint density at radius 1 is 1.20 bits per heavy atom. The molecule has 20 heavy (non-hydrogen) atoms.